The third-order valence-electron chi connectivity index (χ3n) is 4.95. The van der Waals surface area contributed by atoms with Crippen molar-refractivity contribution >= 4 is 0 Å². The molecule has 0 aliphatic heterocycles. The van der Waals surface area contributed by atoms with Crippen LogP contribution in [-0.4, -0.2) is 23.4 Å². The molecular formula is C23H50O2. The number of rotatable bonds is 17. The summed E-state index contributed by atoms with van der Waals surface area (Å²) in [7, 11) is 0. The Kier molecular flexibility index (Phi) is 23.8. The lowest BCUT2D eigenvalue weighted by Crippen LogP contribution is -2.10. The Hall–Kier alpha value is -0.0800. The summed E-state index contributed by atoms with van der Waals surface area (Å²) in [4.78, 5) is 0. The van der Waals surface area contributed by atoms with Crippen molar-refractivity contribution in [3.63, 3.8) is 0 Å². The van der Waals surface area contributed by atoms with Crippen LogP contribution in [-0.2, 0) is 0 Å². The molecule has 2 nitrogen and oxygen atoms in total. The summed E-state index contributed by atoms with van der Waals surface area (Å²) in [5.41, 5.74) is 0.547. The van der Waals surface area contributed by atoms with Crippen molar-refractivity contribution in [3.05, 3.63) is 0 Å². The molecule has 0 radical (unpaired) electrons. The number of aliphatic hydroxyl groups is 2. The zero-order valence-corrected chi connectivity index (χ0v) is 18.1. The summed E-state index contributed by atoms with van der Waals surface area (Å²) >= 11 is 0. The van der Waals surface area contributed by atoms with Crippen LogP contribution in [0.3, 0.4) is 0 Å². The minimum atomic E-state index is 0.362. The van der Waals surface area contributed by atoms with Crippen molar-refractivity contribution in [1.29, 1.82) is 0 Å². The molecule has 0 unspecified atom stereocenters. The highest BCUT2D eigenvalue weighted by atomic mass is 16.3. The SMILES string of the molecule is CCCC(C)(C)CCCCCCCO.CCCCCCCCCCO. The summed E-state index contributed by atoms with van der Waals surface area (Å²) in [5, 5.41) is 17.1. The van der Waals surface area contributed by atoms with Crippen molar-refractivity contribution in [2.75, 3.05) is 13.2 Å². The van der Waals surface area contributed by atoms with E-state index in [1.54, 1.807) is 0 Å². The minimum Gasteiger partial charge on any atom is -0.396 e. The Bertz CT molecular complexity index is 218. The van der Waals surface area contributed by atoms with Crippen LogP contribution in [0.25, 0.3) is 0 Å². The van der Waals surface area contributed by atoms with Gasteiger partial charge in [0, 0.05) is 13.2 Å². The maximum absolute atomic E-state index is 8.62. The lowest BCUT2D eigenvalue weighted by Gasteiger charge is -2.23. The van der Waals surface area contributed by atoms with Gasteiger partial charge >= 0.3 is 0 Å². The van der Waals surface area contributed by atoms with Crippen molar-refractivity contribution in [2.45, 2.75) is 130 Å². The Morgan fingerprint density at radius 3 is 1.28 bits per heavy atom. The molecule has 0 aliphatic rings. The number of hydrogen-bond donors (Lipinski definition) is 2. The van der Waals surface area contributed by atoms with Crippen LogP contribution in [0.15, 0.2) is 0 Å². The molecule has 2 heteroatoms. The van der Waals surface area contributed by atoms with Crippen LogP contribution in [0, 0.1) is 5.41 Å². The van der Waals surface area contributed by atoms with Crippen molar-refractivity contribution in [2.24, 2.45) is 5.41 Å². The van der Waals surface area contributed by atoms with Crippen molar-refractivity contribution in [1.82, 2.24) is 0 Å². The third kappa shape index (κ3) is 26.3. The minimum absolute atomic E-state index is 0.362. The maximum Gasteiger partial charge on any atom is 0.0431 e. The molecule has 0 aromatic rings. The first-order chi connectivity index (χ1) is 12.0. The molecule has 0 aromatic carbocycles. The van der Waals surface area contributed by atoms with Crippen molar-refractivity contribution in [3.8, 4) is 0 Å². The predicted octanol–water partition coefficient (Wildman–Crippen LogP) is 7.27. The molecule has 0 aliphatic carbocycles. The highest BCUT2D eigenvalue weighted by Gasteiger charge is 2.15. The highest BCUT2D eigenvalue weighted by molar-refractivity contribution is 4.67. The molecule has 0 saturated carbocycles. The van der Waals surface area contributed by atoms with E-state index in [1.807, 2.05) is 0 Å². The van der Waals surface area contributed by atoms with E-state index in [0.717, 1.165) is 12.8 Å². The third-order valence-corrected chi connectivity index (χ3v) is 4.95. The molecule has 154 valence electrons. The van der Waals surface area contributed by atoms with Gasteiger partial charge in [-0.15, -0.1) is 0 Å². The van der Waals surface area contributed by atoms with Gasteiger partial charge in [-0.3, -0.25) is 0 Å². The lowest BCUT2D eigenvalue weighted by atomic mass is 9.83. The number of hydrogen-bond acceptors (Lipinski definition) is 2. The number of aliphatic hydroxyl groups excluding tert-OH is 2. The molecule has 0 saturated heterocycles. The van der Waals surface area contributed by atoms with Gasteiger partial charge in [-0.1, -0.05) is 105 Å². The highest BCUT2D eigenvalue weighted by Crippen LogP contribution is 2.29. The van der Waals surface area contributed by atoms with E-state index in [1.165, 1.54) is 89.9 Å². The van der Waals surface area contributed by atoms with Crippen LogP contribution in [0.4, 0.5) is 0 Å². The molecule has 0 spiro atoms. The first-order valence-corrected chi connectivity index (χ1v) is 11.3. The summed E-state index contributed by atoms with van der Waals surface area (Å²) in [6, 6.07) is 0. The largest absolute Gasteiger partial charge is 0.396 e. The molecule has 0 atom stereocenters. The first kappa shape index (κ1) is 27.1. The topological polar surface area (TPSA) is 40.5 Å². The van der Waals surface area contributed by atoms with E-state index in [0.29, 0.717) is 18.6 Å². The maximum atomic E-state index is 8.62. The number of unbranched alkanes of at least 4 members (excludes halogenated alkanes) is 11. The summed E-state index contributed by atoms with van der Waals surface area (Å²) in [6.45, 7) is 10.00. The molecule has 0 heterocycles. The monoisotopic (exact) mass is 358 g/mol. The van der Waals surface area contributed by atoms with Gasteiger partial charge in [0.2, 0.25) is 0 Å². The Morgan fingerprint density at radius 2 is 0.880 bits per heavy atom. The van der Waals surface area contributed by atoms with Crippen LogP contribution < -0.4 is 0 Å². The zero-order chi connectivity index (χ0) is 19.2. The van der Waals surface area contributed by atoms with Crippen LogP contribution >= 0.6 is 0 Å². The van der Waals surface area contributed by atoms with E-state index in [2.05, 4.69) is 27.7 Å². The van der Waals surface area contributed by atoms with Gasteiger partial charge in [0.1, 0.15) is 0 Å². The Morgan fingerprint density at radius 1 is 0.480 bits per heavy atom. The summed E-state index contributed by atoms with van der Waals surface area (Å²) < 4.78 is 0. The molecule has 2 N–H and O–H groups in total. The smallest absolute Gasteiger partial charge is 0.0431 e. The van der Waals surface area contributed by atoms with Crippen LogP contribution in [0.5, 0.6) is 0 Å². The molecular weight excluding hydrogens is 308 g/mol. The van der Waals surface area contributed by atoms with Crippen molar-refractivity contribution < 1.29 is 10.2 Å². The average Bonchev–Trinajstić information content (AvgIpc) is 2.58. The second kappa shape index (κ2) is 22.0. The normalized spacial score (nSPS) is 11.3. The fraction of sp³-hybridized carbons (Fsp3) is 1.00. The fourth-order valence-electron chi connectivity index (χ4n) is 3.29. The van der Waals surface area contributed by atoms with Crippen LogP contribution in [0.1, 0.15) is 130 Å². The molecule has 0 aromatic heterocycles. The van der Waals surface area contributed by atoms with E-state index >= 15 is 0 Å². The first-order valence-electron chi connectivity index (χ1n) is 11.3. The zero-order valence-electron chi connectivity index (χ0n) is 18.1. The van der Waals surface area contributed by atoms with Gasteiger partial charge in [0.15, 0.2) is 0 Å². The van der Waals surface area contributed by atoms with E-state index < -0.39 is 0 Å². The van der Waals surface area contributed by atoms with Gasteiger partial charge in [-0.2, -0.15) is 0 Å². The Balaban J connectivity index is 0. The predicted molar refractivity (Wildman–Crippen MR) is 113 cm³/mol. The molecule has 0 amide bonds. The summed E-state index contributed by atoms with van der Waals surface area (Å²) in [5.74, 6) is 0. The van der Waals surface area contributed by atoms with Crippen LogP contribution in [0.2, 0.25) is 0 Å². The van der Waals surface area contributed by atoms with Gasteiger partial charge in [0.05, 0.1) is 0 Å². The summed E-state index contributed by atoms with van der Waals surface area (Å²) in [6.07, 6.45) is 20.6. The fourth-order valence-corrected chi connectivity index (χ4v) is 3.29. The standard InChI is InChI=1S/C13H28O.C10H22O/c1-4-10-13(2,3)11-8-6-5-7-9-12-14;1-2-3-4-5-6-7-8-9-10-11/h14H,4-12H2,1-3H3;11H,2-10H2,1H3. The Labute approximate surface area is 159 Å². The second-order valence-corrected chi connectivity index (χ2v) is 8.35. The van der Waals surface area contributed by atoms with Gasteiger partial charge in [-0.05, 0) is 31.1 Å². The van der Waals surface area contributed by atoms with E-state index in [4.69, 9.17) is 10.2 Å². The second-order valence-electron chi connectivity index (χ2n) is 8.35. The lowest BCUT2D eigenvalue weighted by molar-refractivity contribution is 0.276. The van der Waals surface area contributed by atoms with Gasteiger partial charge in [-0.25, -0.2) is 0 Å². The van der Waals surface area contributed by atoms with E-state index in [-0.39, 0.29) is 0 Å². The molecule has 0 bridgehead atoms. The molecule has 25 heavy (non-hydrogen) atoms. The molecule has 0 fully saturated rings. The quantitative estimate of drug-likeness (QED) is 0.268. The van der Waals surface area contributed by atoms with Gasteiger partial charge < -0.3 is 10.2 Å². The average molecular weight is 359 g/mol. The molecule has 0 rings (SSSR count). The van der Waals surface area contributed by atoms with Gasteiger partial charge in [0.25, 0.3) is 0 Å². The van der Waals surface area contributed by atoms with E-state index in [9.17, 15) is 0 Å².